The Labute approximate surface area is 113 Å². The molecule has 1 aromatic heterocycles. The van der Waals surface area contributed by atoms with Gasteiger partial charge in [-0.25, -0.2) is 9.78 Å². The van der Waals surface area contributed by atoms with Crippen molar-refractivity contribution in [2.24, 2.45) is 0 Å². The Morgan fingerprint density at radius 3 is 2.44 bits per heavy atom. The van der Waals surface area contributed by atoms with E-state index >= 15 is 0 Å². The van der Waals surface area contributed by atoms with Crippen LogP contribution in [0.1, 0.15) is 10.5 Å². The van der Waals surface area contributed by atoms with E-state index in [1.807, 2.05) is 0 Å². The molecule has 0 aromatic carbocycles. The van der Waals surface area contributed by atoms with Crippen LogP contribution in [0.5, 0.6) is 11.5 Å². The Bertz CT molecular complexity index is 464. The van der Waals surface area contributed by atoms with Gasteiger partial charge in [0.2, 0.25) is 0 Å². The minimum Gasteiger partial charge on any atom is -0.492 e. The largest absolute Gasteiger partial charge is 0.573 e. The van der Waals surface area contributed by atoms with Gasteiger partial charge in [-0.3, -0.25) is 0 Å². The number of ether oxygens (including phenoxy) is 3. The summed E-state index contributed by atoms with van der Waals surface area (Å²) in [5.41, 5.74) is -0.149. The van der Waals surface area contributed by atoms with E-state index in [9.17, 15) is 18.0 Å². The molecule has 0 aliphatic heterocycles. The number of esters is 1. The predicted molar refractivity (Wildman–Crippen MR) is 61.5 cm³/mol. The lowest BCUT2D eigenvalue weighted by Gasteiger charge is -2.14. The number of carbonyl (C=O) groups is 1. The molecule has 1 heterocycles. The van der Waals surface area contributed by atoms with E-state index in [2.05, 4.69) is 14.5 Å². The summed E-state index contributed by atoms with van der Waals surface area (Å²) in [6, 6.07) is 0. The fourth-order valence-electron chi connectivity index (χ4n) is 1.08. The Morgan fingerprint density at radius 1 is 1.39 bits per heavy atom. The Balaban J connectivity index is 3.25. The summed E-state index contributed by atoms with van der Waals surface area (Å²) in [7, 11) is 2.29. The number of halogens is 4. The van der Waals surface area contributed by atoms with E-state index < -0.39 is 18.1 Å². The van der Waals surface area contributed by atoms with Gasteiger partial charge in [0.05, 0.1) is 24.0 Å². The van der Waals surface area contributed by atoms with E-state index in [4.69, 9.17) is 4.74 Å². The van der Waals surface area contributed by atoms with Gasteiger partial charge in [0.1, 0.15) is 0 Å². The zero-order valence-electron chi connectivity index (χ0n) is 9.17. The number of methoxy groups -OCH3 is 2. The molecule has 0 bridgehead atoms. The first-order chi connectivity index (χ1) is 8.30. The third-order valence-electron chi connectivity index (χ3n) is 1.75. The van der Waals surface area contributed by atoms with Crippen LogP contribution in [0.4, 0.5) is 13.2 Å². The van der Waals surface area contributed by atoms with Crippen molar-refractivity contribution in [2.45, 2.75) is 6.36 Å². The molecular formula is C9H7F3INO4. The van der Waals surface area contributed by atoms with Crippen molar-refractivity contribution in [3.8, 4) is 11.5 Å². The minimum absolute atomic E-state index is 0.0729. The predicted octanol–water partition coefficient (Wildman–Crippen LogP) is 2.38. The monoisotopic (exact) mass is 377 g/mol. The van der Waals surface area contributed by atoms with Gasteiger partial charge in [-0.05, 0) is 22.6 Å². The van der Waals surface area contributed by atoms with E-state index in [0.29, 0.717) is 0 Å². The molecule has 0 saturated carbocycles. The molecule has 0 unspecified atom stereocenters. The summed E-state index contributed by atoms with van der Waals surface area (Å²) in [5.74, 6) is -1.64. The van der Waals surface area contributed by atoms with Gasteiger partial charge in [0.15, 0.2) is 17.2 Å². The molecule has 18 heavy (non-hydrogen) atoms. The molecular weight excluding hydrogens is 370 g/mol. The zero-order valence-corrected chi connectivity index (χ0v) is 11.3. The maximum atomic E-state index is 12.1. The van der Waals surface area contributed by atoms with Crippen LogP contribution in [0.25, 0.3) is 0 Å². The summed E-state index contributed by atoms with van der Waals surface area (Å²) in [6.45, 7) is 0. The molecule has 0 radical (unpaired) electrons. The summed E-state index contributed by atoms with van der Waals surface area (Å²) in [6.07, 6.45) is -4.12. The molecule has 0 amide bonds. The van der Waals surface area contributed by atoms with Crippen molar-refractivity contribution in [1.82, 2.24) is 4.98 Å². The SMILES string of the molecule is COC(=O)c1ncc(OC(F)(F)F)c(OC)c1I. The van der Waals surface area contributed by atoms with Crippen LogP contribution in [-0.2, 0) is 4.74 Å². The zero-order chi connectivity index (χ0) is 13.9. The highest BCUT2D eigenvalue weighted by Gasteiger charge is 2.34. The van der Waals surface area contributed by atoms with Crippen LogP contribution in [0.2, 0.25) is 0 Å². The third kappa shape index (κ3) is 3.37. The number of hydrogen-bond donors (Lipinski definition) is 0. The Kier molecular flexibility index (Phi) is 4.59. The number of pyridine rings is 1. The van der Waals surface area contributed by atoms with Crippen LogP contribution in [0.3, 0.4) is 0 Å². The normalized spacial score (nSPS) is 11.0. The molecule has 0 spiro atoms. The third-order valence-corrected chi connectivity index (χ3v) is 2.75. The lowest BCUT2D eigenvalue weighted by atomic mass is 10.3. The number of alkyl halides is 3. The van der Waals surface area contributed by atoms with Crippen LogP contribution in [0.15, 0.2) is 6.20 Å². The Morgan fingerprint density at radius 2 is 2.00 bits per heavy atom. The highest BCUT2D eigenvalue weighted by atomic mass is 127. The Hall–Kier alpha value is -1.26. The van der Waals surface area contributed by atoms with Crippen molar-refractivity contribution < 1.29 is 32.2 Å². The maximum absolute atomic E-state index is 12.1. The fraction of sp³-hybridized carbons (Fsp3) is 0.333. The quantitative estimate of drug-likeness (QED) is 0.598. The molecule has 0 fully saturated rings. The van der Waals surface area contributed by atoms with Crippen LogP contribution < -0.4 is 9.47 Å². The van der Waals surface area contributed by atoms with E-state index in [0.717, 1.165) is 20.4 Å². The first-order valence-corrected chi connectivity index (χ1v) is 5.44. The molecule has 5 nitrogen and oxygen atoms in total. The molecule has 0 N–H and O–H groups in total. The molecule has 0 aliphatic carbocycles. The van der Waals surface area contributed by atoms with Gasteiger partial charge in [0.25, 0.3) is 0 Å². The van der Waals surface area contributed by atoms with Crippen LogP contribution in [-0.4, -0.2) is 31.5 Å². The second kappa shape index (κ2) is 5.59. The minimum atomic E-state index is -4.87. The van der Waals surface area contributed by atoms with Crippen molar-refractivity contribution in [2.75, 3.05) is 14.2 Å². The van der Waals surface area contributed by atoms with Gasteiger partial charge < -0.3 is 14.2 Å². The van der Waals surface area contributed by atoms with Crippen molar-refractivity contribution in [3.05, 3.63) is 15.5 Å². The second-order valence-corrected chi connectivity index (χ2v) is 3.94. The first kappa shape index (κ1) is 14.8. The molecule has 0 atom stereocenters. The molecule has 1 aromatic rings. The number of aromatic nitrogens is 1. The van der Waals surface area contributed by atoms with Crippen LogP contribution >= 0.6 is 22.6 Å². The van der Waals surface area contributed by atoms with Gasteiger partial charge in [-0.2, -0.15) is 0 Å². The van der Waals surface area contributed by atoms with Crippen molar-refractivity contribution >= 4 is 28.6 Å². The summed E-state index contributed by atoms with van der Waals surface area (Å²) >= 11 is 1.62. The van der Waals surface area contributed by atoms with E-state index in [1.54, 1.807) is 22.6 Å². The molecule has 9 heteroatoms. The van der Waals surface area contributed by atoms with Gasteiger partial charge >= 0.3 is 12.3 Å². The standard InChI is InChI=1S/C9H7F3INO4/c1-16-7-4(18-9(10,11)12)3-14-6(5(7)13)8(15)17-2/h3H,1-2H3. The van der Waals surface area contributed by atoms with Crippen molar-refractivity contribution in [3.63, 3.8) is 0 Å². The molecule has 0 aliphatic rings. The average Bonchev–Trinajstić information content (AvgIpc) is 2.26. The number of nitrogens with zero attached hydrogens (tertiary/aromatic N) is 1. The number of hydrogen-bond acceptors (Lipinski definition) is 5. The fourth-order valence-corrected chi connectivity index (χ4v) is 1.93. The number of rotatable bonds is 3. The molecule has 0 saturated heterocycles. The summed E-state index contributed by atoms with van der Waals surface area (Å²) < 4.78 is 49.4. The topological polar surface area (TPSA) is 57.7 Å². The molecule has 100 valence electrons. The van der Waals surface area contributed by atoms with Crippen molar-refractivity contribution in [1.29, 1.82) is 0 Å². The second-order valence-electron chi connectivity index (χ2n) is 2.86. The highest BCUT2D eigenvalue weighted by molar-refractivity contribution is 14.1. The summed E-state index contributed by atoms with van der Waals surface area (Å²) in [5, 5.41) is 0. The van der Waals surface area contributed by atoms with E-state index in [1.165, 1.54) is 0 Å². The number of carbonyl (C=O) groups excluding carboxylic acids is 1. The molecule has 1 rings (SSSR count). The first-order valence-electron chi connectivity index (χ1n) is 4.36. The van der Waals surface area contributed by atoms with Gasteiger partial charge in [-0.15, -0.1) is 13.2 Å². The van der Waals surface area contributed by atoms with Gasteiger partial charge in [0, 0.05) is 0 Å². The highest BCUT2D eigenvalue weighted by Crippen LogP contribution is 2.36. The van der Waals surface area contributed by atoms with Gasteiger partial charge in [-0.1, -0.05) is 0 Å². The summed E-state index contributed by atoms with van der Waals surface area (Å²) in [4.78, 5) is 14.8. The lowest BCUT2D eigenvalue weighted by molar-refractivity contribution is -0.275. The lowest BCUT2D eigenvalue weighted by Crippen LogP contribution is -2.19. The van der Waals surface area contributed by atoms with E-state index in [-0.39, 0.29) is 15.0 Å². The average molecular weight is 377 g/mol. The smallest absolute Gasteiger partial charge is 0.492 e. The maximum Gasteiger partial charge on any atom is 0.573 e. The van der Waals surface area contributed by atoms with Crippen LogP contribution in [0, 0.1) is 3.57 Å².